The Bertz CT molecular complexity index is 718. The van der Waals surface area contributed by atoms with Gasteiger partial charge in [0.2, 0.25) is 5.89 Å². The summed E-state index contributed by atoms with van der Waals surface area (Å²) in [6.45, 7) is 5.59. The maximum Gasteiger partial charge on any atom is 0.257 e. The summed E-state index contributed by atoms with van der Waals surface area (Å²) in [6.07, 6.45) is 2.68. The third kappa shape index (κ3) is 4.00. The molecule has 1 aliphatic rings. The first-order valence-electron chi connectivity index (χ1n) is 8.83. The summed E-state index contributed by atoms with van der Waals surface area (Å²) in [5, 5.41) is 4.02. The molecule has 25 heavy (non-hydrogen) atoms. The van der Waals surface area contributed by atoms with E-state index in [-0.39, 0.29) is 11.8 Å². The van der Waals surface area contributed by atoms with Crippen LogP contribution in [0.2, 0.25) is 0 Å². The number of rotatable bonds is 5. The van der Waals surface area contributed by atoms with Gasteiger partial charge < -0.3 is 14.2 Å². The molecule has 134 valence electrons. The molecule has 6 nitrogen and oxygen atoms in total. The van der Waals surface area contributed by atoms with Crippen LogP contribution in [0.5, 0.6) is 5.75 Å². The van der Waals surface area contributed by atoms with E-state index in [1.807, 2.05) is 29.2 Å². The molecule has 1 aromatic heterocycles. The summed E-state index contributed by atoms with van der Waals surface area (Å²) >= 11 is 0. The molecule has 0 aliphatic carbocycles. The zero-order valence-corrected chi connectivity index (χ0v) is 15.1. The second-order valence-corrected chi connectivity index (χ2v) is 6.84. The van der Waals surface area contributed by atoms with Gasteiger partial charge in [-0.2, -0.15) is 4.98 Å². The smallest absolute Gasteiger partial charge is 0.257 e. The monoisotopic (exact) mass is 343 g/mol. The molecule has 0 radical (unpaired) electrons. The number of carbonyl (C=O) groups is 1. The van der Waals surface area contributed by atoms with Gasteiger partial charge in [0.15, 0.2) is 5.82 Å². The molecule has 3 rings (SSSR count). The van der Waals surface area contributed by atoms with E-state index in [4.69, 9.17) is 9.26 Å². The highest BCUT2D eigenvalue weighted by Gasteiger charge is 2.26. The molecule has 1 amide bonds. The summed E-state index contributed by atoms with van der Waals surface area (Å²) in [4.78, 5) is 19.1. The minimum atomic E-state index is 0.0378. The highest BCUT2D eigenvalue weighted by Crippen LogP contribution is 2.25. The summed E-state index contributed by atoms with van der Waals surface area (Å²) in [5.74, 6) is 2.88. The molecule has 6 heteroatoms. The third-order valence-corrected chi connectivity index (χ3v) is 4.70. The number of benzene rings is 1. The van der Waals surface area contributed by atoms with E-state index in [2.05, 4.69) is 24.0 Å². The molecular weight excluding hydrogens is 318 g/mol. The van der Waals surface area contributed by atoms with Crippen LogP contribution in [0.4, 0.5) is 0 Å². The van der Waals surface area contributed by atoms with Crippen molar-refractivity contribution in [1.29, 1.82) is 0 Å². The first kappa shape index (κ1) is 17.5. The Hall–Kier alpha value is -2.37. The topological polar surface area (TPSA) is 68.5 Å². The average molecular weight is 343 g/mol. The van der Waals surface area contributed by atoms with E-state index in [1.165, 1.54) is 0 Å². The number of carbonyl (C=O) groups excluding carboxylic acids is 1. The summed E-state index contributed by atoms with van der Waals surface area (Å²) in [5.41, 5.74) is 0.627. The Morgan fingerprint density at radius 1 is 1.32 bits per heavy atom. The molecule has 1 aromatic carbocycles. The molecule has 1 aliphatic heterocycles. The van der Waals surface area contributed by atoms with Crippen molar-refractivity contribution >= 4 is 5.91 Å². The number of nitrogens with zero attached hydrogens (tertiary/aromatic N) is 3. The van der Waals surface area contributed by atoms with Gasteiger partial charge in [-0.25, -0.2) is 0 Å². The van der Waals surface area contributed by atoms with Crippen molar-refractivity contribution in [3.05, 3.63) is 41.5 Å². The van der Waals surface area contributed by atoms with E-state index in [9.17, 15) is 4.79 Å². The number of piperidine rings is 1. The van der Waals surface area contributed by atoms with Crippen LogP contribution in [0.3, 0.4) is 0 Å². The van der Waals surface area contributed by atoms with Gasteiger partial charge in [-0.15, -0.1) is 0 Å². The molecule has 1 saturated heterocycles. The standard InChI is InChI=1S/C19H25N3O3/c1-13(2)18-20-17(25-21-18)12-14-8-10-22(11-9-14)19(23)15-6-4-5-7-16(15)24-3/h4-7,13-14H,8-12H2,1-3H3. The van der Waals surface area contributed by atoms with Gasteiger partial charge in [0.1, 0.15) is 5.75 Å². The molecule has 2 heterocycles. The summed E-state index contributed by atoms with van der Waals surface area (Å²) in [6, 6.07) is 7.38. The fourth-order valence-electron chi connectivity index (χ4n) is 3.16. The van der Waals surface area contributed by atoms with Crippen LogP contribution in [-0.4, -0.2) is 41.1 Å². The Morgan fingerprint density at radius 3 is 2.68 bits per heavy atom. The summed E-state index contributed by atoms with van der Waals surface area (Å²) in [7, 11) is 1.59. The van der Waals surface area contributed by atoms with Crippen LogP contribution >= 0.6 is 0 Å². The van der Waals surface area contributed by atoms with Crippen LogP contribution in [0.25, 0.3) is 0 Å². The van der Waals surface area contributed by atoms with Gasteiger partial charge in [-0.1, -0.05) is 31.1 Å². The first-order valence-corrected chi connectivity index (χ1v) is 8.83. The highest BCUT2D eigenvalue weighted by molar-refractivity contribution is 5.97. The fourth-order valence-corrected chi connectivity index (χ4v) is 3.16. The SMILES string of the molecule is COc1ccccc1C(=O)N1CCC(Cc2nc(C(C)C)no2)CC1. The zero-order chi connectivity index (χ0) is 17.8. The molecule has 0 atom stereocenters. The van der Waals surface area contributed by atoms with Crippen LogP contribution in [0, 0.1) is 5.92 Å². The maximum absolute atomic E-state index is 12.7. The molecule has 1 fully saturated rings. The maximum atomic E-state index is 12.7. The van der Waals surface area contributed by atoms with Gasteiger partial charge in [0.05, 0.1) is 12.7 Å². The first-order chi connectivity index (χ1) is 12.1. The second-order valence-electron chi connectivity index (χ2n) is 6.84. The van der Waals surface area contributed by atoms with Gasteiger partial charge in [-0.3, -0.25) is 4.79 Å². The van der Waals surface area contributed by atoms with Gasteiger partial charge in [-0.05, 0) is 30.9 Å². The van der Waals surface area contributed by atoms with Crippen molar-refractivity contribution in [3.8, 4) is 5.75 Å². The molecule has 0 bridgehead atoms. The average Bonchev–Trinajstić information content (AvgIpc) is 3.10. The van der Waals surface area contributed by atoms with Crippen molar-refractivity contribution < 1.29 is 14.1 Å². The van der Waals surface area contributed by atoms with E-state index in [1.54, 1.807) is 7.11 Å². The number of methoxy groups -OCH3 is 1. The number of aromatic nitrogens is 2. The Morgan fingerprint density at radius 2 is 2.04 bits per heavy atom. The molecular formula is C19H25N3O3. The van der Waals surface area contributed by atoms with E-state index in [0.29, 0.717) is 23.1 Å². The van der Waals surface area contributed by atoms with Crippen molar-refractivity contribution in [3.63, 3.8) is 0 Å². The van der Waals surface area contributed by atoms with Crippen molar-refractivity contribution in [2.75, 3.05) is 20.2 Å². The van der Waals surface area contributed by atoms with Gasteiger partial charge in [0.25, 0.3) is 5.91 Å². The lowest BCUT2D eigenvalue weighted by Gasteiger charge is -2.31. The Labute approximate surface area is 148 Å². The predicted octanol–water partition coefficient (Wildman–Crippen LogP) is 3.30. The molecule has 0 unspecified atom stereocenters. The number of amides is 1. The molecule has 0 spiro atoms. The highest BCUT2D eigenvalue weighted by atomic mass is 16.5. The van der Waals surface area contributed by atoms with E-state index < -0.39 is 0 Å². The third-order valence-electron chi connectivity index (χ3n) is 4.70. The minimum absolute atomic E-state index is 0.0378. The van der Waals surface area contributed by atoms with E-state index >= 15 is 0 Å². The normalized spacial score (nSPS) is 15.6. The Balaban J connectivity index is 1.57. The summed E-state index contributed by atoms with van der Waals surface area (Å²) < 4.78 is 10.6. The number of ether oxygens (including phenoxy) is 1. The number of hydrogen-bond acceptors (Lipinski definition) is 5. The molecule has 0 saturated carbocycles. The van der Waals surface area contributed by atoms with Crippen molar-refractivity contribution in [2.24, 2.45) is 5.92 Å². The lowest BCUT2D eigenvalue weighted by molar-refractivity contribution is 0.0684. The van der Waals surface area contributed by atoms with Crippen LogP contribution in [0.1, 0.15) is 54.7 Å². The largest absolute Gasteiger partial charge is 0.496 e. The van der Waals surface area contributed by atoms with Crippen molar-refractivity contribution in [2.45, 2.75) is 39.0 Å². The van der Waals surface area contributed by atoms with Gasteiger partial charge >= 0.3 is 0 Å². The van der Waals surface area contributed by atoms with Crippen molar-refractivity contribution in [1.82, 2.24) is 15.0 Å². The lowest BCUT2D eigenvalue weighted by atomic mass is 9.93. The lowest BCUT2D eigenvalue weighted by Crippen LogP contribution is -2.39. The molecule has 0 N–H and O–H groups in total. The molecule has 2 aromatic rings. The van der Waals surface area contributed by atoms with Gasteiger partial charge in [0, 0.05) is 25.4 Å². The van der Waals surface area contributed by atoms with Crippen LogP contribution in [-0.2, 0) is 6.42 Å². The fraction of sp³-hybridized carbons (Fsp3) is 0.526. The van der Waals surface area contributed by atoms with E-state index in [0.717, 1.165) is 38.2 Å². The number of para-hydroxylation sites is 1. The minimum Gasteiger partial charge on any atom is -0.496 e. The second kappa shape index (κ2) is 7.68. The predicted molar refractivity (Wildman–Crippen MR) is 93.7 cm³/mol. The Kier molecular flexibility index (Phi) is 5.36. The van der Waals surface area contributed by atoms with Crippen LogP contribution in [0.15, 0.2) is 28.8 Å². The zero-order valence-electron chi connectivity index (χ0n) is 15.1. The number of likely N-dealkylation sites (tertiary alicyclic amines) is 1. The number of hydrogen-bond donors (Lipinski definition) is 0. The van der Waals surface area contributed by atoms with Crippen LogP contribution < -0.4 is 4.74 Å². The quantitative estimate of drug-likeness (QED) is 0.833.